The number of nitrogens with zero attached hydrogens (tertiary/aromatic N) is 2. The SMILES string of the molecule is O=C(Nc1cccc(Cl)c1Cl)c1ccnc(Nc2cccc(F)c2)n1. The van der Waals surface area contributed by atoms with Crippen molar-refractivity contribution in [2.45, 2.75) is 0 Å². The highest BCUT2D eigenvalue weighted by molar-refractivity contribution is 6.44. The molecule has 3 rings (SSSR count). The third-order valence-electron chi connectivity index (χ3n) is 3.17. The molecule has 1 amide bonds. The molecule has 0 radical (unpaired) electrons. The average Bonchev–Trinajstić information content (AvgIpc) is 2.59. The summed E-state index contributed by atoms with van der Waals surface area (Å²) in [6, 6.07) is 12.2. The summed E-state index contributed by atoms with van der Waals surface area (Å²) in [5.41, 5.74) is 0.956. The largest absolute Gasteiger partial charge is 0.324 e. The number of halogens is 3. The zero-order valence-electron chi connectivity index (χ0n) is 12.6. The van der Waals surface area contributed by atoms with Gasteiger partial charge in [-0.25, -0.2) is 14.4 Å². The fourth-order valence-corrected chi connectivity index (χ4v) is 2.38. The second-order valence-corrected chi connectivity index (χ2v) is 5.74. The van der Waals surface area contributed by atoms with Crippen molar-refractivity contribution >= 4 is 46.4 Å². The summed E-state index contributed by atoms with van der Waals surface area (Å²) >= 11 is 12.0. The summed E-state index contributed by atoms with van der Waals surface area (Å²) < 4.78 is 13.2. The van der Waals surface area contributed by atoms with E-state index in [4.69, 9.17) is 23.2 Å². The number of carbonyl (C=O) groups is 1. The molecule has 1 heterocycles. The minimum atomic E-state index is -0.478. The number of benzene rings is 2. The molecular weight excluding hydrogens is 366 g/mol. The van der Waals surface area contributed by atoms with Gasteiger partial charge in [-0.3, -0.25) is 4.79 Å². The van der Waals surface area contributed by atoms with Gasteiger partial charge in [0, 0.05) is 11.9 Å². The number of hydrogen-bond donors (Lipinski definition) is 2. The summed E-state index contributed by atoms with van der Waals surface area (Å²) in [4.78, 5) is 20.5. The van der Waals surface area contributed by atoms with Crippen molar-refractivity contribution in [2.24, 2.45) is 0 Å². The number of aromatic nitrogens is 2. The molecule has 1 aromatic heterocycles. The molecule has 0 saturated carbocycles. The molecule has 0 fully saturated rings. The van der Waals surface area contributed by atoms with Crippen LogP contribution in [0.2, 0.25) is 10.0 Å². The molecule has 126 valence electrons. The van der Waals surface area contributed by atoms with Crippen molar-refractivity contribution in [1.29, 1.82) is 0 Å². The standard InChI is InChI=1S/C17H11Cl2FN4O/c18-12-5-2-6-13(15(12)19)23-16(25)14-7-8-21-17(24-14)22-11-4-1-3-10(20)9-11/h1-9H,(H,23,25)(H,21,22,24). The Bertz CT molecular complexity index is 936. The van der Waals surface area contributed by atoms with Crippen LogP contribution in [0.4, 0.5) is 21.7 Å². The van der Waals surface area contributed by atoms with Crippen LogP contribution in [0.1, 0.15) is 10.5 Å². The van der Waals surface area contributed by atoms with E-state index in [1.54, 1.807) is 30.3 Å². The summed E-state index contributed by atoms with van der Waals surface area (Å²) in [6.07, 6.45) is 1.42. The number of nitrogens with one attached hydrogen (secondary N) is 2. The summed E-state index contributed by atoms with van der Waals surface area (Å²) in [5, 5.41) is 6.04. The van der Waals surface area contributed by atoms with Gasteiger partial charge in [0.05, 0.1) is 15.7 Å². The molecule has 2 aromatic carbocycles. The van der Waals surface area contributed by atoms with E-state index in [0.29, 0.717) is 16.4 Å². The van der Waals surface area contributed by atoms with Crippen LogP contribution in [0.3, 0.4) is 0 Å². The molecule has 0 unspecified atom stereocenters. The Balaban J connectivity index is 1.78. The molecule has 0 saturated heterocycles. The number of rotatable bonds is 4. The van der Waals surface area contributed by atoms with E-state index in [0.717, 1.165) is 0 Å². The highest BCUT2D eigenvalue weighted by atomic mass is 35.5. The third kappa shape index (κ3) is 4.23. The molecule has 0 atom stereocenters. The van der Waals surface area contributed by atoms with Gasteiger partial charge < -0.3 is 10.6 Å². The third-order valence-corrected chi connectivity index (χ3v) is 3.99. The zero-order chi connectivity index (χ0) is 17.8. The van der Waals surface area contributed by atoms with Gasteiger partial charge in [0.2, 0.25) is 5.95 Å². The molecule has 8 heteroatoms. The van der Waals surface area contributed by atoms with Crippen LogP contribution in [0.5, 0.6) is 0 Å². The summed E-state index contributed by atoms with van der Waals surface area (Å²) in [7, 11) is 0. The maximum atomic E-state index is 13.2. The second kappa shape index (κ2) is 7.46. The molecule has 5 nitrogen and oxygen atoms in total. The molecule has 3 aromatic rings. The Morgan fingerprint density at radius 1 is 1.08 bits per heavy atom. The van der Waals surface area contributed by atoms with Crippen molar-refractivity contribution in [3.05, 3.63) is 76.3 Å². The lowest BCUT2D eigenvalue weighted by molar-refractivity contribution is 0.102. The van der Waals surface area contributed by atoms with Gasteiger partial charge >= 0.3 is 0 Å². The quantitative estimate of drug-likeness (QED) is 0.678. The maximum absolute atomic E-state index is 13.2. The number of carbonyl (C=O) groups excluding carboxylic acids is 1. The highest BCUT2D eigenvalue weighted by Gasteiger charge is 2.12. The molecule has 0 aliphatic rings. The van der Waals surface area contributed by atoms with E-state index >= 15 is 0 Å². The van der Waals surface area contributed by atoms with Crippen LogP contribution in [0.25, 0.3) is 0 Å². The van der Waals surface area contributed by atoms with Crippen molar-refractivity contribution < 1.29 is 9.18 Å². The predicted molar refractivity (Wildman–Crippen MR) is 96.1 cm³/mol. The first-order valence-corrected chi connectivity index (χ1v) is 7.89. The molecule has 2 N–H and O–H groups in total. The Kier molecular flexibility index (Phi) is 5.11. The van der Waals surface area contributed by atoms with Gasteiger partial charge in [-0.15, -0.1) is 0 Å². The van der Waals surface area contributed by atoms with Crippen LogP contribution < -0.4 is 10.6 Å². The normalized spacial score (nSPS) is 10.4. The first-order valence-electron chi connectivity index (χ1n) is 7.14. The number of amides is 1. The van der Waals surface area contributed by atoms with Gasteiger partial charge in [0.25, 0.3) is 5.91 Å². The Hall–Kier alpha value is -2.70. The first-order chi connectivity index (χ1) is 12.0. The van der Waals surface area contributed by atoms with Gasteiger partial charge in [-0.05, 0) is 36.4 Å². The lowest BCUT2D eigenvalue weighted by Gasteiger charge is -2.09. The van der Waals surface area contributed by atoms with Crippen molar-refractivity contribution in [1.82, 2.24) is 9.97 Å². The summed E-state index contributed by atoms with van der Waals surface area (Å²) in [5.74, 6) is -0.709. The predicted octanol–water partition coefficient (Wildman–Crippen LogP) is 4.92. The fraction of sp³-hybridized carbons (Fsp3) is 0. The molecule has 0 aliphatic heterocycles. The first kappa shape index (κ1) is 17.1. The molecular formula is C17H11Cl2FN4O. The molecule has 0 bridgehead atoms. The maximum Gasteiger partial charge on any atom is 0.274 e. The van der Waals surface area contributed by atoms with E-state index in [9.17, 15) is 9.18 Å². The van der Waals surface area contributed by atoms with Crippen molar-refractivity contribution in [2.75, 3.05) is 10.6 Å². The Morgan fingerprint density at radius 2 is 1.88 bits per heavy atom. The minimum absolute atomic E-state index is 0.116. The Labute approximate surface area is 152 Å². The van der Waals surface area contributed by atoms with Gasteiger partial charge in [-0.1, -0.05) is 35.3 Å². The zero-order valence-corrected chi connectivity index (χ0v) is 14.1. The van der Waals surface area contributed by atoms with Crippen LogP contribution in [0, 0.1) is 5.82 Å². The lowest BCUT2D eigenvalue weighted by atomic mass is 10.3. The van der Waals surface area contributed by atoms with Crippen LogP contribution >= 0.6 is 23.2 Å². The lowest BCUT2D eigenvalue weighted by Crippen LogP contribution is -2.15. The minimum Gasteiger partial charge on any atom is -0.324 e. The van der Waals surface area contributed by atoms with Crippen molar-refractivity contribution in [3.63, 3.8) is 0 Å². The van der Waals surface area contributed by atoms with Gasteiger partial charge in [0.1, 0.15) is 11.5 Å². The smallest absolute Gasteiger partial charge is 0.274 e. The van der Waals surface area contributed by atoms with E-state index < -0.39 is 11.7 Å². The highest BCUT2D eigenvalue weighted by Crippen LogP contribution is 2.29. The number of hydrogen-bond acceptors (Lipinski definition) is 4. The van der Waals surface area contributed by atoms with E-state index in [1.807, 2.05) is 0 Å². The van der Waals surface area contributed by atoms with Crippen LogP contribution in [-0.4, -0.2) is 15.9 Å². The summed E-state index contributed by atoms with van der Waals surface area (Å²) in [6.45, 7) is 0. The molecule has 0 spiro atoms. The second-order valence-electron chi connectivity index (χ2n) is 4.96. The van der Waals surface area contributed by atoms with E-state index in [2.05, 4.69) is 20.6 Å². The van der Waals surface area contributed by atoms with Crippen LogP contribution in [0.15, 0.2) is 54.7 Å². The number of anilines is 3. The Morgan fingerprint density at radius 3 is 2.68 bits per heavy atom. The topological polar surface area (TPSA) is 66.9 Å². The molecule has 0 aliphatic carbocycles. The monoisotopic (exact) mass is 376 g/mol. The average molecular weight is 377 g/mol. The van der Waals surface area contributed by atoms with Gasteiger partial charge in [0.15, 0.2) is 0 Å². The van der Waals surface area contributed by atoms with Crippen molar-refractivity contribution in [3.8, 4) is 0 Å². The van der Waals surface area contributed by atoms with Crippen LogP contribution in [-0.2, 0) is 0 Å². The van der Waals surface area contributed by atoms with Gasteiger partial charge in [-0.2, -0.15) is 0 Å². The van der Waals surface area contributed by atoms with E-state index in [1.165, 1.54) is 24.4 Å². The van der Waals surface area contributed by atoms with E-state index in [-0.39, 0.29) is 16.7 Å². The fourth-order valence-electron chi connectivity index (χ4n) is 2.03. The molecule has 25 heavy (non-hydrogen) atoms.